The Bertz CT molecular complexity index is 938. The number of hydrogen-bond acceptors (Lipinski definition) is 7. The molecule has 4 rings (SSSR count). The van der Waals surface area contributed by atoms with E-state index in [1.807, 2.05) is 31.3 Å². The van der Waals surface area contributed by atoms with Gasteiger partial charge in [0.2, 0.25) is 5.95 Å². The third-order valence-corrected chi connectivity index (χ3v) is 4.73. The molecule has 1 unspecified atom stereocenters. The minimum atomic E-state index is 0.173. The lowest BCUT2D eigenvalue weighted by Gasteiger charge is -2.37. The lowest BCUT2D eigenvalue weighted by atomic mass is 10.1. The van der Waals surface area contributed by atoms with Crippen molar-refractivity contribution in [3.8, 4) is 11.3 Å². The van der Waals surface area contributed by atoms with Crippen molar-refractivity contribution < 1.29 is 4.74 Å². The van der Waals surface area contributed by atoms with Gasteiger partial charge in [-0.2, -0.15) is 10.1 Å². The second kappa shape index (κ2) is 6.45. The summed E-state index contributed by atoms with van der Waals surface area (Å²) in [5.41, 5.74) is 8.58. The minimum Gasteiger partial charge on any atom is -0.382 e. The zero-order valence-corrected chi connectivity index (χ0v) is 15.2. The van der Waals surface area contributed by atoms with Gasteiger partial charge in [-0.15, -0.1) is 0 Å². The minimum absolute atomic E-state index is 0.173. The SMILES string of the molecule is CNc1nc(-c2ccc3c(N)n[nH]c3c2)cc(N2C[C@@H](C)OCC2C)n1. The quantitative estimate of drug-likeness (QED) is 0.663. The number of H-pyrrole nitrogens is 1. The molecule has 3 heterocycles. The van der Waals surface area contributed by atoms with Crippen LogP contribution in [0.2, 0.25) is 0 Å². The molecule has 8 heteroatoms. The summed E-state index contributed by atoms with van der Waals surface area (Å²) in [5.74, 6) is 1.99. The summed E-state index contributed by atoms with van der Waals surface area (Å²) in [4.78, 5) is 11.6. The lowest BCUT2D eigenvalue weighted by molar-refractivity contribution is 0.0340. The Kier molecular flexibility index (Phi) is 4.12. The number of fused-ring (bicyclic) bond motifs is 1. The number of nitrogens with two attached hydrogens (primary N) is 1. The highest BCUT2D eigenvalue weighted by Crippen LogP contribution is 2.29. The first-order valence-corrected chi connectivity index (χ1v) is 8.74. The van der Waals surface area contributed by atoms with Gasteiger partial charge >= 0.3 is 0 Å². The number of aromatic nitrogens is 4. The van der Waals surface area contributed by atoms with Crippen LogP contribution in [-0.4, -0.2) is 52.5 Å². The highest BCUT2D eigenvalue weighted by atomic mass is 16.5. The second-order valence-corrected chi connectivity index (χ2v) is 6.70. The van der Waals surface area contributed by atoms with Crippen LogP contribution in [0, 0.1) is 0 Å². The third kappa shape index (κ3) is 2.92. The van der Waals surface area contributed by atoms with Gasteiger partial charge in [0.15, 0.2) is 5.82 Å². The van der Waals surface area contributed by atoms with E-state index in [0.29, 0.717) is 18.4 Å². The Morgan fingerprint density at radius 2 is 2.12 bits per heavy atom. The average molecular weight is 353 g/mol. The number of benzene rings is 1. The summed E-state index contributed by atoms with van der Waals surface area (Å²) in [7, 11) is 1.83. The summed E-state index contributed by atoms with van der Waals surface area (Å²) in [6.07, 6.45) is 0.173. The van der Waals surface area contributed by atoms with E-state index in [1.54, 1.807) is 0 Å². The molecule has 0 saturated carbocycles. The zero-order chi connectivity index (χ0) is 18.3. The van der Waals surface area contributed by atoms with Gasteiger partial charge in [0, 0.05) is 30.6 Å². The van der Waals surface area contributed by atoms with Gasteiger partial charge in [-0.3, -0.25) is 5.10 Å². The van der Waals surface area contributed by atoms with Crippen LogP contribution in [0.5, 0.6) is 0 Å². The Hall–Kier alpha value is -2.87. The van der Waals surface area contributed by atoms with Crippen molar-refractivity contribution in [1.82, 2.24) is 20.2 Å². The molecule has 8 nitrogen and oxygen atoms in total. The van der Waals surface area contributed by atoms with Gasteiger partial charge in [0.25, 0.3) is 0 Å². The monoisotopic (exact) mass is 353 g/mol. The summed E-state index contributed by atoms with van der Waals surface area (Å²) in [5, 5.41) is 11.0. The van der Waals surface area contributed by atoms with Crippen LogP contribution < -0.4 is 16.0 Å². The summed E-state index contributed by atoms with van der Waals surface area (Å²) in [6.45, 7) is 5.72. The van der Waals surface area contributed by atoms with Crippen molar-refractivity contribution in [1.29, 1.82) is 0 Å². The van der Waals surface area contributed by atoms with Crippen LogP contribution in [0.4, 0.5) is 17.6 Å². The number of ether oxygens (including phenoxy) is 1. The molecule has 2 atom stereocenters. The lowest BCUT2D eigenvalue weighted by Crippen LogP contribution is -2.47. The zero-order valence-electron chi connectivity index (χ0n) is 15.2. The van der Waals surface area contributed by atoms with E-state index in [9.17, 15) is 0 Å². The number of hydrogen-bond donors (Lipinski definition) is 3. The van der Waals surface area contributed by atoms with Gasteiger partial charge in [-0.05, 0) is 26.0 Å². The smallest absolute Gasteiger partial charge is 0.224 e. The molecule has 1 aliphatic rings. The molecule has 1 fully saturated rings. The second-order valence-electron chi connectivity index (χ2n) is 6.70. The molecule has 2 aromatic heterocycles. The van der Waals surface area contributed by atoms with Gasteiger partial charge in [-0.1, -0.05) is 6.07 Å². The fourth-order valence-corrected chi connectivity index (χ4v) is 3.26. The number of anilines is 3. The Labute approximate surface area is 151 Å². The van der Waals surface area contributed by atoms with Crippen LogP contribution in [0.1, 0.15) is 13.8 Å². The van der Waals surface area contributed by atoms with Gasteiger partial charge in [0.05, 0.1) is 30.0 Å². The predicted molar refractivity (Wildman–Crippen MR) is 103 cm³/mol. The van der Waals surface area contributed by atoms with Crippen molar-refractivity contribution in [2.24, 2.45) is 0 Å². The molecule has 1 aromatic carbocycles. The molecule has 136 valence electrons. The number of aromatic amines is 1. The normalized spacial score (nSPS) is 20.5. The molecule has 3 aromatic rings. The van der Waals surface area contributed by atoms with Gasteiger partial charge < -0.3 is 20.7 Å². The average Bonchev–Trinajstić information content (AvgIpc) is 3.03. The number of morpholine rings is 1. The predicted octanol–water partition coefficient (Wildman–Crippen LogP) is 2.26. The van der Waals surface area contributed by atoms with E-state index in [2.05, 4.69) is 44.2 Å². The van der Waals surface area contributed by atoms with Crippen LogP contribution in [0.3, 0.4) is 0 Å². The van der Waals surface area contributed by atoms with Crippen molar-refractivity contribution in [2.45, 2.75) is 26.0 Å². The maximum Gasteiger partial charge on any atom is 0.224 e. The Morgan fingerprint density at radius 1 is 1.27 bits per heavy atom. The molecule has 26 heavy (non-hydrogen) atoms. The molecule has 0 radical (unpaired) electrons. The van der Waals surface area contributed by atoms with E-state index in [4.69, 9.17) is 10.5 Å². The van der Waals surface area contributed by atoms with E-state index < -0.39 is 0 Å². The van der Waals surface area contributed by atoms with Crippen LogP contribution in [-0.2, 0) is 4.74 Å². The van der Waals surface area contributed by atoms with Crippen LogP contribution >= 0.6 is 0 Å². The van der Waals surface area contributed by atoms with Crippen LogP contribution in [0.15, 0.2) is 24.3 Å². The molecular formula is C18H23N7O. The highest BCUT2D eigenvalue weighted by Gasteiger charge is 2.25. The van der Waals surface area contributed by atoms with E-state index in [0.717, 1.165) is 34.5 Å². The largest absolute Gasteiger partial charge is 0.382 e. The molecule has 4 N–H and O–H groups in total. The number of nitrogens with one attached hydrogen (secondary N) is 2. The molecule has 1 aliphatic heterocycles. The van der Waals surface area contributed by atoms with E-state index in [-0.39, 0.29) is 12.1 Å². The number of rotatable bonds is 3. The first kappa shape index (κ1) is 16.6. The number of nitrogens with zero attached hydrogens (tertiary/aromatic N) is 4. The van der Waals surface area contributed by atoms with Crippen molar-refractivity contribution in [2.75, 3.05) is 36.1 Å². The fourth-order valence-electron chi connectivity index (χ4n) is 3.26. The number of nitrogen functional groups attached to an aromatic ring is 1. The van der Waals surface area contributed by atoms with Crippen molar-refractivity contribution >= 4 is 28.5 Å². The van der Waals surface area contributed by atoms with Crippen LogP contribution in [0.25, 0.3) is 22.2 Å². The van der Waals surface area contributed by atoms with Crippen molar-refractivity contribution in [3.05, 3.63) is 24.3 Å². The first-order valence-electron chi connectivity index (χ1n) is 8.74. The Morgan fingerprint density at radius 3 is 2.92 bits per heavy atom. The first-order chi connectivity index (χ1) is 12.5. The third-order valence-electron chi connectivity index (χ3n) is 4.73. The van der Waals surface area contributed by atoms with Gasteiger partial charge in [0.1, 0.15) is 5.82 Å². The standard InChI is InChI=1S/C18H23N7O/c1-10-9-26-11(2)8-25(10)16-7-14(21-18(20-3)22-16)12-4-5-13-15(6-12)23-24-17(13)19/h4-7,10-11H,8-9H2,1-3H3,(H3,19,23,24)(H,20,21,22)/t10?,11-/m1/s1. The van der Waals surface area contributed by atoms with E-state index in [1.165, 1.54) is 0 Å². The molecule has 0 aliphatic carbocycles. The summed E-state index contributed by atoms with van der Waals surface area (Å²) >= 11 is 0. The van der Waals surface area contributed by atoms with Gasteiger partial charge in [-0.25, -0.2) is 4.98 Å². The summed E-state index contributed by atoms with van der Waals surface area (Å²) in [6, 6.07) is 8.26. The van der Waals surface area contributed by atoms with E-state index >= 15 is 0 Å². The molecule has 0 spiro atoms. The maximum absolute atomic E-state index is 5.86. The molecular weight excluding hydrogens is 330 g/mol. The molecule has 0 amide bonds. The topological polar surface area (TPSA) is 105 Å². The summed E-state index contributed by atoms with van der Waals surface area (Å²) < 4.78 is 5.74. The Balaban J connectivity index is 1.77. The molecule has 0 bridgehead atoms. The fraction of sp³-hybridized carbons (Fsp3) is 0.389. The highest BCUT2D eigenvalue weighted by molar-refractivity contribution is 5.91. The molecule has 1 saturated heterocycles. The maximum atomic E-state index is 5.86. The van der Waals surface area contributed by atoms with Crippen molar-refractivity contribution in [3.63, 3.8) is 0 Å².